The zero-order valence-electron chi connectivity index (χ0n) is 6.66. The standard InChI is InChI=1S/C9H7ClO3/c10-6-3-1-2-5-4-7(9(11)12)13-8(5)6/h1-3,7H,4H2,(H,11,12)/t7-/m0/s1. The van der Waals surface area contributed by atoms with Gasteiger partial charge in [-0.3, -0.25) is 0 Å². The molecule has 3 nitrogen and oxygen atoms in total. The highest BCUT2D eigenvalue weighted by atomic mass is 35.5. The van der Waals surface area contributed by atoms with Gasteiger partial charge in [-0.05, 0) is 6.07 Å². The molecular weight excluding hydrogens is 192 g/mol. The molecule has 1 aliphatic heterocycles. The Labute approximate surface area is 79.9 Å². The first-order chi connectivity index (χ1) is 6.18. The van der Waals surface area contributed by atoms with Gasteiger partial charge in [0.1, 0.15) is 5.75 Å². The van der Waals surface area contributed by atoms with Gasteiger partial charge in [-0.1, -0.05) is 23.7 Å². The lowest BCUT2D eigenvalue weighted by molar-refractivity contribution is -0.144. The van der Waals surface area contributed by atoms with Crippen LogP contribution in [-0.2, 0) is 11.2 Å². The number of benzene rings is 1. The second kappa shape index (κ2) is 2.92. The van der Waals surface area contributed by atoms with E-state index in [0.717, 1.165) is 5.56 Å². The molecule has 68 valence electrons. The van der Waals surface area contributed by atoms with Gasteiger partial charge in [-0.2, -0.15) is 0 Å². The summed E-state index contributed by atoms with van der Waals surface area (Å²) in [7, 11) is 0. The first-order valence-electron chi connectivity index (χ1n) is 3.85. The summed E-state index contributed by atoms with van der Waals surface area (Å²) in [4.78, 5) is 10.6. The van der Waals surface area contributed by atoms with E-state index in [4.69, 9.17) is 21.4 Å². The number of hydrogen-bond donors (Lipinski definition) is 1. The number of carboxylic acids is 1. The van der Waals surface area contributed by atoms with Gasteiger partial charge in [-0.25, -0.2) is 4.79 Å². The van der Waals surface area contributed by atoms with Crippen LogP contribution >= 0.6 is 11.6 Å². The summed E-state index contributed by atoms with van der Waals surface area (Å²) in [5.74, 6) is -0.441. The Hall–Kier alpha value is -1.22. The van der Waals surface area contributed by atoms with Gasteiger partial charge in [0.15, 0.2) is 6.10 Å². The maximum atomic E-state index is 10.6. The van der Waals surface area contributed by atoms with Crippen LogP contribution in [0.4, 0.5) is 0 Å². The molecule has 1 atom stereocenters. The van der Waals surface area contributed by atoms with E-state index in [1.807, 2.05) is 6.07 Å². The van der Waals surface area contributed by atoms with Crippen LogP contribution in [0.25, 0.3) is 0 Å². The van der Waals surface area contributed by atoms with Crippen molar-refractivity contribution in [2.75, 3.05) is 0 Å². The van der Waals surface area contributed by atoms with E-state index < -0.39 is 12.1 Å². The van der Waals surface area contributed by atoms with Crippen LogP contribution in [0.5, 0.6) is 5.75 Å². The highest BCUT2D eigenvalue weighted by Crippen LogP contribution is 2.35. The lowest BCUT2D eigenvalue weighted by atomic mass is 10.1. The van der Waals surface area contributed by atoms with E-state index in [9.17, 15) is 4.79 Å². The molecule has 13 heavy (non-hydrogen) atoms. The van der Waals surface area contributed by atoms with Crippen LogP contribution in [0.15, 0.2) is 18.2 Å². The fourth-order valence-electron chi connectivity index (χ4n) is 1.37. The summed E-state index contributed by atoms with van der Waals surface area (Å²) in [6, 6.07) is 5.30. The van der Waals surface area contributed by atoms with Crippen LogP contribution in [0.3, 0.4) is 0 Å². The number of hydrogen-bond acceptors (Lipinski definition) is 2. The largest absolute Gasteiger partial charge is 0.478 e. The molecule has 0 aromatic heterocycles. The number of carboxylic acid groups (broad SMARTS) is 1. The fourth-order valence-corrected chi connectivity index (χ4v) is 1.61. The first kappa shape index (κ1) is 8.38. The van der Waals surface area contributed by atoms with Crippen LogP contribution in [0.1, 0.15) is 5.56 Å². The van der Waals surface area contributed by atoms with E-state index in [1.54, 1.807) is 12.1 Å². The Morgan fingerprint density at radius 3 is 3.00 bits per heavy atom. The Morgan fingerprint density at radius 2 is 2.38 bits per heavy atom. The van der Waals surface area contributed by atoms with E-state index in [-0.39, 0.29) is 0 Å². The molecule has 1 N–H and O–H groups in total. The number of para-hydroxylation sites is 1. The average Bonchev–Trinajstić information content (AvgIpc) is 2.49. The summed E-state index contributed by atoms with van der Waals surface area (Å²) in [6.45, 7) is 0. The van der Waals surface area contributed by atoms with E-state index in [0.29, 0.717) is 17.2 Å². The number of carbonyl (C=O) groups is 1. The number of ether oxygens (including phenoxy) is 1. The molecule has 0 spiro atoms. The molecule has 0 aliphatic carbocycles. The third-order valence-electron chi connectivity index (χ3n) is 1.99. The number of halogens is 1. The highest BCUT2D eigenvalue weighted by Gasteiger charge is 2.29. The maximum Gasteiger partial charge on any atom is 0.345 e. The zero-order valence-corrected chi connectivity index (χ0v) is 7.41. The van der Waals surface area contributed by atoms with Gasteiger partial charge in [0.05, 0.1) is 5.02 Å². The average molecular weight is 199 g/mol. The molecule has 0 bridgehead atoms. The first-order valence-corrected chi connectivity index (χ1v) is 4.23. The van der Waals surface area contributed by atoms with Crippen molar-refractivity contribution < 1.29 is 14.6 Å². The van der Waals surface area contributed by atoms with Gasteiger partial charge in [0, 0.05) is 12.0 Å². The van der Waals surface area contributed by atoms with E-state index in [1.165, 1.54) is 0 Å². The number of fused-ring (bicyclic) bond motifs is 1. The van der Waals surface area contributed by atoms with Gasteiger partial charge >= 0.3 is 5.97 Å². The summed E-state index contributed by atoms with van der Waals surface area (Å²) in [5.41, 5.74) is 0.861. The molecule has 0 saturated heterocycles. The lowest BCUT2D eigenvalue weighted by Crippen LogP contribution is -2.24. The Morgan fingerprint density at radius 1 is 1.62 bits per heavy atom. The minimum Gasteiger partial charge on any atom is -0.478 e. The maximum absolute atomic E-state index is 10.6. The molecule has 4 heteroatoms. The normalized spacial score (nSPS) is 19.3. The smallest absolute Gasteiger partial charge is 0.345 e. The molecule has 0 amide bonds. The highest BCUT2D eigenvalue weighted by molar-refractivity contribution is 6.32. The summed E-state index contributed by atoms with van der Waals surface area (Å²) >= 11 is 5.82. The SMILES string of the molecule is O=C(O)[C@@H]1Cc2cccc(Cl)c2O1. The van der Waals surface area contributed by atoms with E-state index >= 15 is 0 Å². The summed E-state index contributed by atoms with van der Waals surface area (Å²) in [5, 5.41) is 9.18. The number of rotatable bonds is 1. The minimum absolute atomic E-state index is 0.394. The predicted octanol–water partition coefficient (Wildman–Crippen LogP) is 1.73. The molecule has 0 radical (unpaired) electrons. The zero-order chi connectivity index (χ0) is 9.42. The Balaban J connectivity index is 2.35. The molecule has 0 unspecified atom stereocenters. The predicted molar refractivity (Wildman–Crippen MR) is 47.2 cm³/mol. The topological polar surface area (TPSA) is 46.5 Å². The van der Waals surface area contributed by atoms with Crippen molar-refractivity contribution in [1.82, 2.24) is 0 Å². The van der Waals surface area contributed by atoms with Gasteiger partial charge < -0.3 is 9.84 Å². The molecule has 1 aliphatic rings. The van der Waals surface area contributed by atoms with E-state index in [2.05, 4.69) is 0 Å². The lowest BCUT2D eigenvalue weighted by Gasteiger charge is -2.04. The Bertz CT molecular complexity index is 362. The third kappa shape index (κ3) is 1.35. The summed E-state index contributed by atoms with van der Waals surface area (Å²) < 4.78 is 5.17. The van der Waals surface area contributed by atoms with Crippen molar-refractivity contribution in [3.8, 4) is 5.75 Å². The van der Waals surface area contributed by atoms with Crippen LogP contribution in [-0.4, -0.2) is 17.2 Å². The van der Waals surface area contributed by atoms with Gasteiger partial charge in [-0.15, -0.1) is 0 Å². The third-order valence-corrected chi connectivity index (χ3v) is 2.29. The Kier molecular flexibility index (Phi) is 1.88. The second-order valence-corrected chi connectivity index (χ2v) is 3.28. The van der Waals surface area contributed by atoms with Crippen molar-refractivity contribution in [2.24, 2.45) is 0 Å². The fraction of sp³-hybridized carbons (Fsp3) is 0.222. The summed E-state index contributed by atoms with van der Waals surface area (Å²) in [6.07, 6.45) is -0.388. The monoisotopic (exact) mass is 198 g/mol. The van der Waals surface area contributed by atoms with Crippen LogP contribution < -0.4 is 4.74 Å². The molecule has 1 aromatic rings. The van der Waals surface area contributed by atoms with Crippen molar-refractivity contribution in [1.29, 1.82) is 0 Å². The molecule has 1 heterocycles. The van der Waals surface area contributed by atoms with Crippen LogP contribution in [0, 0.1) is 0 Å². The molecule has 0 fully saturated rings. The second-order valence-electron chi connectivity index (χ2n) is 2.88. The van der Waals surface area contributed by atoms with Crippen LogP contribution in [0.2, 0.25) is 5.02 Å². The van der Waals surface area contributed by atoms with Crippen molar-refractivity contribution in [3.05, 3.63) is 28.8 Å². The van der Waals surface area contributed by atoms with Crippen molar-refractivity contribution >= 4 is 17.6 Å². The van der Waals surface area contributed by atoms with Crippen molar-refractivity contribution in [3.63, 3.8) is 0 Å². The molecule has 0 saturated carbocycles. The van der Waals surface area contributed by atoms with Gasteiger partial charge in [0.25, 0.3) is 0 Å². The van der Waals surface area contributed by atoms with Gasteiger partial charge in [0.2, 0.25) is 0 Å². The quantitative estimate of drug-likeness (QED) is 0.748. The number of aliphatic carboxylic acids is 1. The van der Waals surface area contributed by atoms with Crippen molar-refractivity contribution in [2.45, 2.75) is 12.5 Å². The molecule has 1 aromatic carbocycles. The molecular formula is C9H7ClO3. The molecule has 2 rings (SSSR count). The minimum atomic E-state index is -0.952.